The van der Waals surface area contributed by atoms with E-state index in [1.54, 1.807) is 0 Å². The number of fused-ring (bicyclic) bond motifs is 1. The third-order valence-corrected chi connectivity index (χ3v) is 3.57. The molecule has 1 aromatic carbocycles. The van der Waals surface area contributed by atoms with Crippen LogP contribution in [0.25, 0.3) is 11.1 Å². The lowest BCUT2D eigenvalue weighted by Gasteiger charge is -2.09. The van der Waals surface area contributed by atoms with Crippen LogP contribution in [0, 0.1) is 6.92 Å². The molecule has 0 bridgehead atoms. The quantitative estimate of drug-likeness (QED) is 0.914. The smallest absolute Gasteiger partial charge is 0.130 e. The predicted molar refractivity (Wildman–Crippen MR) is 76.6 cm³/mol. The van der Waals surface area contributed by atoms with Gasteiger partial charge in [0.25, 0.3) is 0 Å². The van der Waals surface area contributed by atoms with Crippen molar-refractivity contribution in [2.75, 3.05) is 20.2 Å². The van der Waals surface area contributed by atoms with Crippen molar-refractivity contribution in [1.82, 2.24) is 10.3 Å². The Labute approximate surface area is 113 Å². The summed E-state index contributed by atoms with van der Waals surface area (Å²) in [7, 11) is 1.98. The standard InChI is InChI=1S/C16H18N2O/c1-11-8-12(6-7-18-11)14-4-3-5-15-13(9-17-2)10-19-16(14)15/h3-8,13,17H,9-10H2,1-2H3/t13-/m0/s1. The molecule has 0 saturated heterocycles. The van der Waals surface area contributed by atoms with E-state index in [9.17, 15) is 0 Å². The number of hydrogen-bond donors (Lipinski definition) is 1. The second-order valence-corrected chi connectivity index (χ2v) is 4.98. The molecule has 0 spiro atoms. The average molecular weight is 254 g/mol. The molecule has 1 aromatic heterocycles. The van der Waals surface area contributed by atoms with Crippen molar-refractivity contribution in [3.8, 4) is 16.9 Å². The maximum atomic E-state index is 5.93. The van der Waals surface area contributed by atoms with Gasteiger partial charge < -0.3 is 10.1 Å². The van der Waals surface area contributed by atoms with Crippen molar-refractivity contribution >= 4 is 0 Å². The number of aryl methyl sites for hydroxylation is 1. The molecule has 1 aliphatic rings. The summed E-state index contributed by atoms with van der Waals surface area (Å²) in [6, 6.07) is 10.5. The van der Waals surface area contributed by atoms with Gasteiger partial charge in [-0.2, -0.15) is 0 Å². The second kappa shape index (κ2) is 5.02. The van der Waals surface area contributed by atoms with E-state index < -0.39 is 0 Å². The Hall–Kier alpha value is -1.87. The Bertz CT molecular complexity index is 595. The summed E-state index contributed by atoms with van der Waals surface area (Å²) >= 11 is 0. The first-order valence-corrected chi connectivity index (χ1v) is 6.63. The lowest BCUT2D eigenvalue weighted by molar-refractivity contribution is 0.329. The number of benzene rings is 1. The largest absolute Gasteiger partial charge is 0.492 e. The van der Waals surface area contributed by atoms with E-state index in [4.69, 9.17) is 4.74 Å². The number of para-hydroxylation sites is 1. The first-order chi connectivity index (χ1) is 9.29. The molecule has 1 N–H and O–H groups in total. The summed E-state index contributed by atoms with van der Waals surface area (Å²) in [6.07, 6.45) is 1.85. The topological polar surface area (TPSA) is 34.1 Å². The fourth-order valence-electron chi connectivity index (χ4n) is 2.67. The van der Waals surface area contributed by atoms with Gasteiger partial charge in [-0.1, -0.05) is 18.2 Å². The van der Waals surface area contributed by atoms with Gasteiger partial charge >= 0.3 is 0 Å². The van der Waals surface area contributed by atoms with Crippen molar-refractivity contribution in [2.24, 2.45) is 0 Å². The number of likely N-dealkylation sites (N-methyl/N-ethyl adjacent to an activating group) is 1. The van der Waals surface area contributed by atoms with E-state index in [1.807, 2.05) is 26.2 Å². The highest BCUT2D eigenvalue weighted by molar-refractivity contribution is 5.73. The number of rotatable bonds is 3. The average Bonchev–Trinajstić information content (AvgIpc) is 2.83. The SMILES string of the molecule is CNC[C@H]1COc2c(-c3ccnc(C)c3)cccc21. The van der Waals surface area contributed by atoms with Gasteiger partial charge in [0.15, 0.2) is 0 Å². The molecule has 2 heterocycles. The first kappa shape index (κ1) is 12.2. The summed E-state index contributed by atoms with van der Waals surface area (Å²) in [5.41, 5.74) is 4.68. The Morgan fingerprint density at radius 1 is 1.37 bits per heavy atom. The normalized spacial score (nSPS) is 17.1. The van der Waals surface area contributed by atoms with Crippen LogP contribution in [0.4, 0.5) is 0 Å². The Morgan fingerprint density at radius 3 is 3.05 bits per heavy atom. The van der Waals surface area contributed by atoms with Crippen LogP contribution in [0.5, 0.6) is 5.75 Å². The number of nitrogens with one attached hydrogen (secondary N) is 1. The van der Waals surface area contributed by atoms with Gasteiger partial charge in [-0.15, -0.1) is 0 Å². The highest BCUT2D eigenvalue weighted by Gasteiger charge is 2.26. The summed E-state index contributed by atoms with van der Waals surface area (Å²) < 4.78 is 5.93. The van der Waals surface area contributed by atoms with Crippen LogP contribution in [-0.4, -0.2) is 25.2 Å². The monoisotopic (exact) mass is 254 g/mol. The lowest BCUT2D eigenvalue weighted by Crippen LogP contribution is -2.17. The van der Waals surface area contributed by atoms with Gasteiger partial charge in [0.05, 0.1) is 6.61 Å². The van der Waals surface area contributed by atoms with Gasteiger partial charge in [0, 0.05) is 35.5 Å². The van der Waals surface area contributed by atoms with Gasteiger partial charge in [-0.3, -0.25) is 4.98 Å². The third-order valence-electron chi connectivity index (χ3n) is 3.57. The molecule has 0 fully saturated rings. The zero-order chi connectivity index (χ0) is 13.2. The molecule has 19 heavy (non-hydrogen) atoms. The van der Waals surface area contributed by atoms with Crippen LogP contribution in [0.1, 0.15) is 17.2 Å². The van der Waals surface area contributed by atoms with E-state index in [-0.39, 0.29) is 0 Å². The van der Waals surface area contributed by atoms with Crippen LogP contribution < -0.4 is 10.1 Å². The predicted octanol–water partition coefficient (Wildman–Crippen LogP) is 2.75. The molecule has 1 atom stereocenters. The maximum absolute atomic E-state index is 5.93. The van der Waals surface area contributed by atoms with E-state index in [1.165, 1.54) is 16.7 Å². The third kappa shape index (κ3) is 2.22. The zero-order valence-electron chi connectivity index (χ0n) is 11.3. The summed E-state index contributed by atoms with van der Waals surface area (Å²) in [5.74, 6) is 1.48. The van der Waals surface area contributed by atoms with E-state index >= 15 is 0 Å². The minimum Gasteiger partial charge on any atom is -0.492 e. The molecule has 3 rings (SSSR count). The zero-order valence-corrected chi connectivity index (χ0v) is 11.3. The molecule has 2 aromatic rings. The van der Waals surface area contributed by atoms with E-state index in [2.05, 4.69) is 34.6 Å². The maximum Gasteiger partial charge on any atom is 0.130 e. The van der Waals surface area contributed by atoms with Gasteiger partial charge in [-0.05, 0) is 31.7 Å². The van der Waals surface area contributed by atoms with Gasteiger partial charge in [0.2, 0.25) is 0 Å². The number of pyridine rings is 1. The molecule has 3 nitrogen and oxygen atoms in total. The minimum atomic E-state index is 0.447. The van der Waals surface area contributed by atoms with Crippen molar-refractivity contribution in [1.29, 1.82) is 0 Å². The van der Waals surface area contributed by atoms with Crippen molar-refractivity contribution in [3.05, 3.63) is 47.8 Å². The number of ether oxygens (including phenoxy) is 1. The second-order valence-electron chi connectivity index (χ2n) is 4.98. The number of hydrogen-bond acceptors (Lipinski definition) is 3. The van der Waals surface area contributed by atoms with E-state index in [0.717, 1.165) is 24.6 Å². The van der Waals surface area contributed by atoms with Crippen LogP contribution >= 0.6 is 0 Å². The minimum absolute atomic E-state index is 0.447. The molecule has 0 radical (unpaired) electrons. The molecular weight excluding hydrogens is 236 g/mol. The van der Waals surface area contributed by atoms with Crippen molar-refractivity contribution in [2.45, 2.75) is 12.8 Å². The van der Waals surface area contributed by atoms with Crippen LogP contribution in [0.3, 0.4) is 0 Å². The molecule has 0 amide bonds. The Balaban J connectivity index is 2.05. The van der Waals surface area contributed by atoms with E-state index in [0.29, 0.717) is 5.92 Å². The van der Waals surface area contributed by atoms with Crippen molar-refractivity contribution < 1.29 is 4.74 Å². The van der Waals surface area contributed by atoms with Crippen LogP contribution in [0.15, 0.2) is 36.5 Å². The fraction of sp³-hybridized carbons (Fsp3) is 0.312. The molecule has 1 aliphatic heterocycles. The Morgan fingerprint density at radius 2 is 2.26 bits per heavy atom. The first-order valence-electron chi connectivity index (χ1n) is 6.63. The number of aromatic nitrogens is 1. The van der Waals surface area contributed by atoms with Crippen LogP contribution in [0.2, 0.25) is 0 Å². The fourth-order valence-corrected chi connectivity index (χ4v) is 2.67. The van der Waals surface area contributed by atoms with Gasteiger partial charge in [0.1, 0.15) is 5.75 Å². The molecule has 0 saturated carbocycles. The molecule has 0 aliphatic carbocycles. The van der Waals surface area contributed by atoms with Crippen molar-refractivity contribution in [3.63, 3.8) is 0 Å². The molecule has 0 unspecified atom stereocenters. The highest BCUT2D eigenvalue weighted by Crippen LogP contribution is 2.41. The molecule has 98 valence electrons. The molecular formula is C16H18N2O. The summed E-state index contributed by atoms with van der Waals surface area (Å²) in [5, 5.41) is 3.23. The van der Waals surface area contributed by atoms with Gasteiger partial charge in [-0.25, -0.2) is 0 Å². The number of nitrogens with zero attached hydrogens (tertiary/aromatic N) is 1. The Kier molecular flexibility index (Phi) is 3.22. The molecule has 3 heteroatoms. The summed E-state index contributed by atoms with van der Waals surface area (Å²) in [4.78, 5) is 4.25. The summed E-state index contributed by atoms with van der Waals surface area (Å²) in [6.45, 7) is 3.72. The van der Waals surface area contributed by atoms with Crippen LogP contribution in [-0.2, 0) is 0 Å². The highest BCUT2D eigenvalue weighted by atomic mass is 16.5. The lowest BCUT2D eigenvalue weighted by atomic mass is 9.96.